The third-order valence-corrected chi connectivity index (χ3v) is 2.50. The number of hydrogen-bond acceptors (Lipinski definition) is 5. The van der Waals surface area contributed by atoms with Crippen LogP contribution in [0.5, 0.6) is 0 Å². The first-order valence-electron chi connectivity index (χ1n) is 5.43. The second-order valence-electron chi connectivity index (χ2n) is 4.28. The molecule has 0 saturated heterocycles. The van der Waals surface area contributed by atoms with E-state index in [1.165, 1.54) is 6.07 Å². The molecule has 1 aromatic rings. The summed E-state index contributed by atoms with van der Waals surface area (Å²) in [5.41, 5.74) is 2.09. The number of halogens is 3. The molecule has 5 nitrogen and oxygen atoms in total. The Morgan fingerprint density at radius 3 is 2.17 bits per heavy atom. The first-order chi connectivity index (χ1) is 8.24. The van der Waals surface area contributed by atoms with Gasteiger partial charge in [-0.05, 0) is 12.8 Å². The van der Waals surface area contributed by atoms with Gasteiger partial charge >= 0.3 is 6.18 Å². The molecule has 0 radical (unpaired) electrons. The van der Waals surface area contributed by atoms with Crippen molar-refractivity contribution in [1.29, 1.82) is 0 Å². The maximum absolute atomic E-state index is 12.6. The van der Waals surface area contributed by atoms with Gasteiger partial charge in [0.15, 0.2) is 0 Å². The molecular weight excluding hydrogens is 247 g/mol. The van der Waals surface area contributed by atoms with Crippen molar-refractivity contribution in [2.45, 2.75) is 33.0 Å². The van der Waals surface area contributed by atoms with Crippen molar-refractivity contribution in [3.8, 4) is 0 Å². The van der Waals surface area contributed by atoms with E-state index in [0.717, 1.165) is 0 Å². The van der Waals surface area contributed by atoms with Gasteiger partial charge in [0.1, 0.15) is 11.6 Å². The van der Waals surface area contributed by atoms with Crippen LogP contribution in [0.3, 0.4) is 0 Å². The van der Waals surface area contributed by atoms with E-state index in [1.54, 1.807) is 0 Å². The second kappa shape index (κ2) is 5.38. The fraction of sp³-hybridized carbons (Fsp3) is 0.600. The van der Waals surface area contributed by atoms with Crippen LogP contribution in [-0.2, 0) is 6.18 Å². The molecule has 4 N–H and O–H groups in total. The average molecular weight is 263 g/mol. The van der Waals surface area contributed by atoms with Crippen molar-refractivity contribution in [1.82, 2.24) is 9.97 Å². The van der Waals surface area contributed by atoms with Gasteiger partial charge in [-0.2, -0.15) is 13.2 Å². The zero-order valence-electron chi connectivity index (χ0n) is 10.3. The summed E-state index contributed by atoms with van der Waals surface area (Å²) in [5.74, 6) is 4.12. The monoisotopic (exact) mass is 263 g/mol. The minimum absolute atomic E-state index is 0.0217. The number of nitrogen functional groups attached to an aromatic ring is 1. The van der Waals surface area contributed by atoms with Crippen molar-refractivity contribution >= 4 is 11.6 Å². The van der Waals surface area contributed by atoms with Crippen molar-refractivity contribution in [2.75, 3.05) is 10.7 Å². The molecule has 102 valence electrons. The van der Waals surface area contributed by atoms with Crippen LogP contribution in [0.2, 0.25) is 0 Å². The number of nitrogens with zero attached hydrogens (tertiary/aromatic N) is 2. The summed E-state index contributed by atoms with van der Waals surface area (Å²) in [6.45, 7) is 5.76. The van der Waals surface area contributed by atoms with E-state index in [0.29, 0.717) is 0 Å². The van der Waals surface area contributed by atoms with Gasteiger partial charge in [-0.3, -0.25) is 0 Å². The molecule has 0 spiro atoms. The Balaban J connectivity index is 3.05. The van der Waals surface area contributed by atoms with Crippen LogP contribution < -0.4 is 16.6 Å². The molecule has 0 aliphatic heterocycles. The van der Waals surface area contributed by atoms with E-state index in [1.807, 2.05) is 20.8 Å². The van der Waals surface area contributed by atoms with Gasteiger partial charge in [-0.1, -0.05) is 13.8 Å². The Labute approximate surface area is 103 Å². The fourth-order valence-electron chi connectivity index (χ4n) is 1.12. The van der Waals surface area contributed by atoms with Crippen LogP contribution in [-0.4, -0.2) is 16.0 Å². The van der Waals surface area contributed by atoms with Crippen LogP contribution in [0.4, 0.5) is 24.8 Å². The minimum Gasteiger partial charge on any atom is -0.367 e. The normalized spacial score (nSPS) is 13.6. The van der Waals surface area contributed by atoms with Gasteiger partial charge < -0.3 is 10.7 Å². The third kappa shape index (κ3) is 3.73. The van der Waals surface area contributed by atoms with Crippen molar-refractivity contribution in [3.05, 3.63) is 11.9 Å². The van der Waals surface area contributed by atoms with E-state index >= 15 is 0 Å². The first kappa shape index (κ1) is 14.5. The number of nitrogens with one attached hydrogen (secondary N) is 2. The summed E-state index contributed by atoms with van der Waals surface area (Å²) in [6, 6.07) is 1.31. The van der Waals surface area contributed by atoms with Gasteiger partial charge in [0.2, 0.25) is 5.82 Å². The Bertz CT molecular complexity index is 405. The Kier molecular flexibility index (Phi) is 4.33. The number of nitrogens with two attached hydrogens (primary N) is 1. The molecule has 0 aliphatic carbocycles. The van der Waals surface area contributed by atoms with Gasteiger partial charge in [0.25, 0.3) is 0 Å². The largest absolute Gasteiger partial charge is 0.451 e. The maximum Gasteiger partial charge on any atom is 0.451 e. The smallest absolute Gasteiger partial charge is 0.367 e. The molecule has 18 heavy (non-hydrogen) atoms. The van der Waals surface area contributed by atoms with E-state index in [-0.39, 0.29) is 23.6 Å². The van der Waals surface area contributed by atoms with Crippen LogP contribution in [0.25, 0.3) is 0 Å². The predicted octanol–water partition coefficient (Wildman–Crippen LogP) is 2.24. The van der Waals surface area contributed by atoms with Crippen LogP contribution in [0.1, 0.15) is 26.6 Å². The van der Waals surface area contributed by atoms with Crippen molar-refractivity contribution in [2.24, 2.45) is 11.8 Å². The van der Waals surface area contributed by atoms with E-state index in [2.05, 4.69) is 20.7 Å². The Morgan fingerprint density at radius 2 is 1.72 bits per heavy atom. The van der Waals surface area contributed by atoms with Crippen LogP contribution in [0, 0.1) is 5.92 Å². The molecule has 1 rings (SSSR count). The van der Waals surface area contributed by atoms with Gasteiger partial charge in [0, 0.05) is 12.1 Å². The summed E-state index contributed by atoms with van der Waals surface area (Å²) in [6.07, 6.45) is -4.61. The summed E-state index contributed by atoms with van der Waals surface area (Å²) in [5, 5.41) is 2.88. The number of hydrazine groups is 1. The molecule has 1 heterocycles. The highest BCUT2D eigenvalue weighted by Gasteiger charge is 2.35. The summed E-state index contributed by atoms with van der Waals surface area (Å²) < 4.78 is 37.7. The zero-order valence-corrected chi connectivity index (χ0v) is 10.3. The molecule has 0 aliphatic rings. The predicted molar refractivity (Wildman–Crippen MR) is 62.8 cm³/mol. The molecule has 0 saturated carbocycles. The van der Waals surface area contributed by atoms with E-state index in [9.17, 15) is 13.2 Å². The molecule has 1 aromatic heterocycles. The second-order valence-corrected chi connectivity index (χ2v) is 4.28. The van der Waals surface area contributed by atoms with Gasteiger partial charge in [0.05, 0.1) is 0 Å². The molecule has 1 unspecified atom stereocenters. The van der Waals surface area contributed by atoms with Crippen LogP contribution in [0.15, 0.2) is 6.07 Å². The standard InChI is InChI=1S/C10H16F3N5/c1-5(2)6(3)15-7-4-8(18-14)17-9(16-7)10(11,12)13/h4-6H,14H2,1-3H3,(H2,15,16,17,18). The summed E-state index contributed by atoms with van der Waals surface area (Å²) >= 11 is 0. The number of rotatable bonds is 4. The maximum atomic E-state index is 12.6. The lowest BCUT2D eigenvalue weighted by atomic mass is 10.1. The van der Waals surface area contributed by atoms with Crippen molar-refractivity contribution in [3.63, 3.8) is 0 Å². The molecular formula is C10H16F3N5. The summed E-state index contributed by atoms with van der Waals surface area (Å²) in [4.78, 5) is 6.70. The molecule has 1 atom stereocenters. The van der Waals surface area contributed by atoms with Crippen LogP contribution >= 0.6 is 0 Å². The number of anilines is 2. The van der Waals surface area contributed by atoms with E-state index in [4.69, 9.17) is 5.84 Å². The highest BCUT2D eigenvalue weighted by molar-refractivity contribution is 5.47. The quantitative estimate of drug-likeness (QED) is 0.573. The third-order valence-electron chi connectivity index (χ3n) is 2.50. The summed E-state index contributed by atoms with van der Waals surface area (Å²) in [7, 11) is 0. The number of alkyl halides is 3. The lowest BCUT2D eigenvalue weighted by Crippen LogP contribution is -2.24. The highest BCUT2D eigenvalue weighted by Crippen LogP contribution is 2.28. The molecule has 0 aromatic carbocycles. The molecule has 0 bridgehead atoms. The van der Waals surface area contributed by atoms with E-state index < -0.39 is 12.0 Å². The Hall–Kier alpha value is -1.57. The van der Waals surface area contributed by atoms with Gasteiger partial charge in [-0.25, -0.2) is 15.8 Å². The lowest BCUT2D eigenvalue weighted by Gasteiger charge is -2.19. The zero-order chi connectivity index (χ0) is 13.9. The topological polar surface area (TPSA) is 75.9 Å². The van der Waals surface area contributed by atoms with Gasteiger partial charge in [-0.15, -0.1) is 0 Å². The average Bonchev–Trinajstić information content (AvgIpc) is 2.27. The SMILES string of the molecule is CC(C)C(C)Nc1cc(NN)nc(C(F)(F)F)n1. The molecule has 0 fully saturated rings. The lowest BCUT2D eigenvalue weighted by molar-refractivity contribution is -0.144. The number of hydrogen-bond donors (Lipinski definition) is 3. The molecule has 8 heteroatoms. The Morgan fingerprint density at radius 1 is 1.17 bits per heavy atom. The first-order valence-corrected chi connectivity index (χ1v) is 5.43. The minimum atomic E-state index is -4.61. The molecule has 0 amide bonds. The fourth-order valence-corrected chi connectivity index (χ4v) is 1.12. The highest BCUT2D eigenvalue weighted by atomic mass is 19.4. The number of aromatic nitrogens is 2. The van der Waals surface area contributed by atoms with Crippen molar-refractivity contribution < 1.29 is 13.2 Å².